The topological polar surface area (TPSA) is 135 Å². The van der Waals surface area contributed by atoms with Gasteiger partial charge in [-0.05, 0) is 36.4 Å². The molecule has 6 rings (SSSR count). The van der Waals surface area contributed by atoms with E-state index in [-0.39, 0.29) is 30.7 Å². The van der Waals surface area contributed by atoms with E-state index in [4.69, 9.17) is 4.42 Å². The van der Waals surface area contributed by atoms with Gasteiger partial charge in [0.05, 0.1) is 46.2 Å². The number of aliphatic hydroxyl groups excluding tert-OH is 1. The van der Waals surface area contributed by atoms with Crippen LogP contribution in [-0.4, -0.2) is 42.9 Å². The number of pyridine rings is 1. The number of benzene rings is 2. The molecular weight excluding hydrogens is 540 g/mol. The Bertz CT molecular complexity index is 1800. The van der Waals surface area contributed by atoms with Gasteiger partial charge in [-0.15, -0.1) is 11.3 Å². The number of nitrogens with one attached hydrogen (secondary N) is 2. The fourth-order valence-corrected chi connectivity index (χ4v) is 5.23. The van der Waals surface area contributed by atoms with Crippen LogP contribution in [0.3, 0.4) is 0 Å². The van der Waals surface area contributed by atoms with Gasteiger partial charge in [0, 0.05) is 29.2 Å². The maximum absolute atomic E-state index is 13.2. The van der Waals surface area contributed by atoms with Crippen LogP contribution in [0.5, 0.6) is 0 Å². The minimum absolute atomic E-state index is 0.0376. The van der Waals surface area contributed by atoms with Crippen LogP contribution in [0.4, 0.5) is 11.6 Å². The molecule has 6 aromatic rings. The van der Waals surface area contributed by atoms with Crippen molar-refractivity contribution in [3.63, 3.8) is 0 Å². The predicted octanol–water partition coefficient (Wildman–Crippen LogP) is 5.43. The summed E-state index contributed by atoms with van der Waals surface area (Å²) in [4.78, 5) is 39.7. The molecule has 0 aliphatic rings. The molecule has 2 aromatic carbocycles. The standard InChI is InChI=1S/C30H24N6O4S/c37-24(19-5-2-1-3-6-19)15-33-21-8-9-23-22(13-21)34-30(36(23)17-25(38)20-7-4-12-31-14-20)35-29(39)28-11-10-27(41-28)26-16-32-18-40-26/h1-14,16,18,25,33,38H,15,17H2,(H,34,35,39)/t25-/m1/s1. The lowest BCUT2D eigenvalue weighted by Crippen LogP contribution is -2.17. The Labute approximate surface area is 238 Å². The lowest BCUT2D eigenvalue weighted by Gasteiger charge is -2.15. The number of nitrogens with zero attached hydrogens (tertiary/aromatic N) is 4. The highest BCUT2D eigenvalue weighted by molar-refractivity contribution is 7.17. The average Bonchev–Trinajstić information content (AvgIpc) is 3.78. The molecule has 0 bridgehead atoms. The summed E-state index contributed by atoms with van der Waals surface area (Å²) in [6.45, 7) is 0.246. The van der Waals surface area contributed by atoms with Crippen LogP contribution in [0.2, 0.25) is 0 Å². The first kappa shape index (κ1) is 26.1. The van der Waals surface area contributed by atoms with Gasteiger partial charge in [-0.2, -0.15) is 0 Å². The first-order valence-corrected chi connectivity index (χ1v) is 13.6. The Balaban J connectivity index is 1.27. The summed E-state index contributed by atoms with van der Waals surface area (Å²) >= 11 is 1.27. The first-order chi connectivity index (χ1) is 20.0. The average molecular weight is 565 g/mol. The molecule has 1 atom stereocenters. The highest BCUT2D eigenvalue weighted by Crippen LogP contribution is 2.30. The van der Waals surface area contributed by atoms with Crippen molar-refractivity contribution >= 4 is 45.7 Å². The fourth-order valence-electron chi connectivity index (χ4n) is 4.37. The molecule has 0 aliphatic carbocycles. The zero-order valence-electron chi connectivity index (χ0n) is 21.6. The van der Waals surface area contributed by atoms with E-state index in [0.717, 1.165) is 4.88 Å². The summed E-state index contributed by atoms with van der Waals surface area (Å²) in [5, 5.41) is 17.0. The molecular formula is C30H24N6O4S. The molecule has 0 unspecified atom stereocenters. The van der Waals surface area contributed by atoms with Crippen molar-refractivity contribution in [2.24, 2.45) is 0 Å². The zero-order valence-corrected chi connectivity index (χ0v) is 22.4. The fraction of sp³-hybridized carbons (Fsp3) is 0.100. The van der Waals surface area contributed by atoms with Crippen molar-refractivity contribution in [3.8, 4) is 10.6 Å². The molecule has 0 spiro atoms. The first-order valence-electron chi connectivity index (χ1n) is 12.8. The number of aromatic nitrogens is 4. The summed E-state index contributed by atoms with van der Waals surface area (Å²) < 4.78 is 7.10. The number of carbonyl (C=O) groups is 2. The molecule has 0 aliphatic heterocycles. The van der Waals surface area contributed by atoms with Crippen LogP contribution < -0.4 is 10.6 Å². The van der Waals surface area contributed by atoms with Gasteiger partial charge in [-0.3, -0.25) is 19.9 Å². The van der Waals surface area contributed by atoms with Gasteiger partial charge < -0.3 is 19.4 Å². The van der Waals surface area contributed by atoms with E-state index in [0.29, 0.717) is 38.5 Å². The number of Topliss-reactive ketones (excluding diaryl/α,β-unsaturated/α-hetero) is 1. The van der Waals surface area contributed by atoms with Crippen LogP contribution in [0.25, 0.3) is 21.7 Å². The summed E-state index contributed by atoms with van der Waals surface area (Å²) in [6.07, 6.45) is 5.28. The minimum atomic E-state index is -0.891. The molecule has 0 radical (unpaired) electrons. The number of hydrogen-bond acceptors (Lipinski definition) is 9. The van der Waals surface area contributed by atoms with E-state index in [9.17, 15) is 14.7 Å². The van der Waals surface area contributed by atoms with Crippen molar-refractivity contribution in [2.75, 3.05) is 17.2 Å². The Hall–Kier alpha value is -5.13. The third-order valence-corrected chi connectivity index (χ3v) is 7.55. The van der Waals surface area contributed by atoms with E-state index < -0.39 is 6.10 Å². The van der Waals surface area contributed by atoms with E-state index >= 15 is 0 Å². The maximum atomic E-state index is 13.2. The Kier molecular flexibility index (Phi) is 7.35. The number of carbonyl (C=O) groups excluding carboxylic acids is 2. The van der Waals surface area contributed by atoms with E-state index in [1.165, 1.54) is 17.7 Å². The van der Waals surface area contributed by atoms with Crippen LogP contribution in [-0.2, 0) is 6.54 Å². The van der Waals surface area contributed by atoms with Crippen LogP contribution >= 0.6 is 11.3 Å². The Morgan fingerprint density at radius 3 is 2.66 bits per heavy atom. The smallest absolute Gasteiger partial charge is 0.268 e. The third kappa shape index (κ3) is 5.76. The number of fused-ring (bicyclic) bond motifs is 1. The molecule has 4 heterocycles. The quantitative estimate of drug-likeness (QED) is 0.188. The van der Waals surface area contributed by atoms with Gasteiger partial charge in [0.2, 0.25) is 5.95 Å². The number of imidazole rings is 1. The largest absolute Gasteiger partial charge is 0.443 e. The van der Waals surface area contributed by atoms with Crippen LogP contribution in [0.1, 0.15) is 31.7 Å². The van der Waals surface area contributed by atoms with Gasteiger partial charge in [0.1, 0.15) is 0 Å². The molecule has 41 heavy (non-hydrogen) atoms. The number of hydrogen-bond donors (Lipinski definition) is 3. The van der Waals surface area contributed by atoms with Crippen LogP contribution in [0, 0.1) is 0 Å². The predicted molar refractivity (Wildman–Crippen MR) is 156 cm³/mol. The molecule has 1 amide bonds. The summed E-state index contributed by atoms with van der Waals surface area (Å²) in [6, 6.07) is 21.6. The van der Waals surface area contributed by atoms with Crippen molar-refractivity contribution in [1.82, 2.24) is 19.5 Å². The second-order valence-corrected chi connectivity index (χ2v) is 10.3. The number of aliphatic hydroxyl groups is 1. The number of anilines is 2. The van der Waals surface area contributed by atoms with Crippen molar-refractivity contribution in [3.05, 3.63) is 114 Å². The lowest BCUT2D eigenvalue weighted by atomic mass is 10.1. The highest BCUT2D eigenvalue weighted by atomic mass is 32.1. The highest BCUT2D eigenvalue weighted by Gasteiger charge is 2.20. The van der Waals surface area contributed by atoms with E-state index in [2.05, 4.69) is 25.6 Å². The molecule has 10 nitrogen and oxygen atoms in total. The monoisotopic (exact) mass is 564 g/mol. The number of thiophene rings is 1. The second kappa shape index (κ2) is 11.5. The number of oxazole rings is 1. The lowest BCUT2D eigenvalue weighted by molar-refractivity contribution is 0.100. The number of ketones is 1. The summed E-state index contributed by atoms with van der Waals surface area (Å²) in [5.74, 6) is 0.469. The molecule has 204 valence electrons. The minimum Gasteiger partial charge on any atom is -0.443 e. The maximum Gasteiger partial charge on any atom is 0.268 e. The Morgan fingerprint density at radius 2 is 1.88 bits per heavy atom. The summed E-state index contributed by atoms with van der Waals surface area (Å²) in [5.41, 5.74) is 3.26. The van der Waals surface area contributed by atoms with E-state index in [1.54, 1.807) is 59.6 Å². The Morgan fingerprint density at radius 1 is 1.00 bits per heavy atom. The van der Waals surface area contributed by atoms with Crippen LogP contribution in [0.15, 0.2) is 102 Å². The van der Waals surface area contributed by atoms with E-state index in [1.807, 2.05) is 36.4 Å². The second-order valence-electron chi connectivity index (χ2n) is 9.18. The van der Waals surface area contributed by atoms with Gasteiger partial charge in [-0.25, -0.2) is 9.97 Å². The molecule has 0 fully saturated rings. The van der Waals surface area contributed by atoms with Crippen molar-refractivity contribution < 1.29 is 19.1 Å². The van der Waals surface area contributed by atoms with Crippen molar-refractivity contribution in [2.45, 2.75) is 12.6 Å². The SMILES string of the molecule is O=C(CNc1ccc2c(c1)nc(NC(=O)c1ccc(-c3cnco3)s1)n2C[C@@H](O)c1cccnc1)c1ccccc1. The summed E-state index contributed by atoms with van der Waals surface area (Å²) in [7, 11) is 0. The van der Waals surface area contributed by atoms with Gasteiger partial charge in [0.15, 0.2) is 17.9 Å². The zero-order chi connectivity index (χ0) is 28.2. The molecule has 0 saturated heterocycles. The molecule has 3 N–H and O–H groups in total. The number of rotatable bonds is 10. The van der Waals surface area contributed by atoms with Gasteiger partial charge in [0.25, 0.3) is 5.91 Å². The molecule has 11 heteroatoms. The third-order valence-electron chi connectivity index (χ3n) is 6.45. The van der Waals surface area contributed by atoms with Crippen molar-refractivity contribution in [1.29, 1.82) is 0 Å². The van der Waals surface area contributed by atoms with Gasteiger partial charge >= 0.3 is 0 Å². The molecule has 4 aromatic heterocycles. The number of amides is 1. The molecule has 0 saturated carbocycles. The normalized spacial score (nSPS) is 11.8. The van der Waals surface area contributed by atoms with Gasteiger partial charge in [-0.1, -0.05) is 36.4 Å².